The highest BCUT2D eigenvalue weighted by Crippen LogP contribution is 2.64. The number of allylic oxidation sites excluding steroid dienone is 4. The van der Waals surface area contributed by atoms with Gasteiger partial charge in [-0.3, -0.25) is 42.5 Å². The Bertz CT molecular complexity index is 6730. The second kappa shape index (κ2) is 41.6. The maximum absolute atomic E-state index is 13.3. The normalized spacial score (nSPS) is 32.7. The van der Waals surface area contributed by atoms with Crippen molar-refractivity contribution in [3.05, 3.63) is 287 Å². The standard InChI is InChI=1S/C27H30N2O2.C26H26N2O2.C25H26N2O.C21H26O3.C15H22O4.C14H20O4/c1-19-22-13-14-23-24(26(22,2)15-16-27(19)30-17-18-31-27)28-25(20-9-5-3-6-10-20)29(23)21-11-7-4-8-12-21;1-17-21-13-14-22-24(26(21,2)15-19(16-29)23(17)30)27-25(18-9-5-3-6-10-18)28(22)20-11-7-4-8-12-20;1-17-20-13-14-21-23(25(20,2)16-15-22(17)28)26-24(18-9-5-3-6-10-18)27(21)19-11-7-4-8-12-19;1-15-18-9-8-17(14-16-6-4-3-5-7-16)19(22)20(18,2)10-11-21(15)23-12-13-24-21;1-10-12-4-3-11(9-16)13(17)14(12,2)5-6-15(10)18-7-8-19-15;1-9-10-3-4-11(15)12(16)13(10,2)5-6-14(9)17-7-8-18-14/h3-12,19,22H,13-18H2,1-2H3;3-12,16-17,21,29H,13-15H2,1-2H3;3-12,17,20H,13-16H2,1-2H3;3-8,15,18H,9-14H2,1-2H3;9-10,12,16H,3-8H2,1-2H3;9-10H,3-8H2,1-2H3/b;19-16-;;;11-9-;/t19-,22-,26-;17-,21-,26-;17-,20-,25-;15-,18-,20-;10-,12-,14-;9-,10-,13-/m000000/s1. The number of aromatic nitrogens is 6. The van der Waals surface area contributed by atoms with Gasteiger partial charge in [0.15, 0.2) is 46.3 Å². The Morgan fingerprint density at radius 3 is 1.03 bits per heavy atom. The zero-order valence-electron chi connectivity index (χ0n) is 89.6. The molecular formula is C128H150N6O16. The van der Waals surface area contributed by atoms with Crippen LogP contribution in [0.3, 0.4) is 0 Å². The molecule has 26 rings (SSSR count). The number of carbonyl (C=O) groups is 6. The molecule has 0 unspecified atom stereocenters. The van der Waals surface area contributed by atoms with Gasteiger partial charge in [0.2, 0.25) is 5.78 Å². The van der Waals surface area contributed by atoms with Crippen molar-refractivity contribution in [3.63, 3.8) is 0 Å². The number of carbonyl (C=O) groups excluding carboxylic acids is 6. The number of benzene rings is 7. The van der Waals surface area contributed by atoms with E-state index in [1.54, 1.807) is 0 Å². The quantitative estimate of drug-likeness (QED) is 0.0813. The number of nitrogens with zero attached hydrogens (tertiary/aromatic N) is 6. The van der Waals surface area contributed by atoms with E-state index >= 15 is 0 Å². The molecule has 0 bridgehead atoms. The van der Waals surface area contributed by atoms with Crippen LogP contribution in [0.5, 0.6) is 0 Å². The summed E-state index contributed by atoms with van der Waals surface area (Å²) in [5, 5.41) is 18.9. The van der Waals surface area contributed by atoms with E-state index in [9.17, 15) is 39.0 Å². The fourth-order valence-corrected chi connectivity index (χ4v) is 31.2. The van der Waals surface area contributed by atoms with Crippen molar-refractivity contribution in [2.45, 2.75) is 270 Å². The molecule has 16 aliphatic rings. The maximum Gasteiger partial charge on any atom is 0.204 e. The molecule has 22 heteroatoms. The van der Waals surface area contributed by atoms with Crippen LogP contribution in [-0.2, 0) is 109 Å². The second-order valence-electron chi connectivity index (χ2n) is 47.3. The molecule has 3 aromatic heterocycles. The molecule has 2 N–H and O–H groups in total. The van der Waals surface area contributed by atoms with Gasteiger partial charge in [0.25, 0.3) is 0 Å². The monoisotopic (exact) mass is 2030 g/mol. The van der Waals surface area contributed by atoms with Gasteiger partial charge in [-0.2, -0.15) is 0 Å². The number of aliphatic hydroxyl groups excluding tert-OH is 2. The van der Waals surface area contributed by atoms with Gasteiger partial charge < -0.3 is 48.1 Å². The lowest BCUT2D eigenvalue weighted by atomic mass is 9.54. The maximum atomic E-state index is 13.3. The first-order chi connectivity index (χ1) is 72.3. The molecule has 0 radical (unpaired) electrons. The average molecular weight is 2030 g/mol. The number of hydrogen-bond donors (Lipinski definition) is 2. The average Bonchev–Trinajstić information content (AvgIpc) is 1.53. The Kier molecular flexibility index (Phi) is 29.0. The number of hydrogen-bond acceptors (Lipinski definition) is 19. The Morgan fingerprint density at radius 1 is 0.320 bits per heavy atom. The number of ketones is 6. The van der Waals surface area contributed by atoms with Crippen LogP contribution in [0.2, 0.25) is 0 Å². The summed E-state index contributed by atoms with van der Waals surface area (Å²) < 4.78 is 54.8. The predicted octanol–water partition coefficient (Wildman–Crippen LogP) is 24.5. The van der Waals surface area contributed by atoms with Gasteiger partial charge in [0, 0.05) is 175 Å². The summed E-state index contributed by atoms with van der Waals surface area (Å²) in [6.07, 6.45) is 23.4. The first kappa shape index (κ1) is 104. The number of Topliss-reactive ketones (excluding diaryl/α,β-unsaturated/α-hetero) is 6. The zero-order valence-corrected chi connectivity index (χ0v) is 89.6. The number of fused-ring (bicyclic) bond motifs is 12. The van der Waals surface area contributed by atoms with Crippen molar-refractivity contribution in [2.75, 3.05) is 52.9 Å². The lowest BCUT2D eigenvalue weighted by molar-refractivity contribution is -0.242. The summed E-state index contributed by atoms with van der Waals surface area (Å²) in [5.41, 5.74) is 16.2. The van der Waals surface area contributed by atoms with Gasteiger partial charge in [-0.05, 0) is 186 Å². The first-order valence-electron chi connectivity index (χ1n) is 55.8. The molecule has 7 aromatic carbocycles. The third kappa shape index (κ3) is 18.0. The summed E-state index contributed by atoms with van der Waals surface area (Å²) in [6, 6.07) is 73.3. The minimum atomic E-state index is -0.495. The topological polar surface area (TPSA) is 270 Å². The fraction of sp³-hybridized carbons (Fsp3) is 0.508. The Balaban J connectivity index is 0.000000106. The van der Waals surface area contributed by atoms with E-state index in [2.05, 4.69) is 246 Å². The molecule has 7 heterocycles. The third-order valence-electron chi connectivity index (χ3n) is 39.8. The molecule has 8 saturated carbocycles. The van der Waals surface area contributed by atoms with Gasteiger partial charge in [-0.25, -0.2) is 15.0 Å². The van der Waals surface area contributed by atoms with Crippen LogP contribution in [0.1, 0.15) is 245 Å². The van der Waals surface area contributed by atoms with Crippen molar-refractivity contribution < 1.29 is 76.9 Å². The molecule has 4 aliphatic heterocycles. The predicted molar refractivity (Wildman–Crippen MR) is 576 cm³/mol. The Hall–Kier alpha value is -11.3. The fourth-order valence-electron chi connectivity index (χ4n) is 31.2. The highest BCUT2D eigenvalue weighted by molar-refractivity contribution is 6.39. The third-order valence-corrected chi connectivity index (χ3v) is 39.8. The Morgan fingerprint density at radius 2 is 0.633 bits per heavy atom. The SMILES string of the molecule is C[C@@H]1C(=O)/C(=C\O)C[C@]2(C)c3nc(-c4ccccc4)n(-c4ccccc4)c3CC[C@@H]12.C[C@@H]1C(=O)CC[C@]2(C)c3nc(-c4ccccc4)n(-c4ccccc4)c3CC[C@@H]12.C[C@H]1[C@@H]2CC/C(=C/O)C(=O)[C@@]2(C)CCC12OCCO2.C[C@H]1[C@@H]2CC=C(Cc3ccccc3)C(=O)[C@@]2(C)CCC12OCCO2.C[C@H]1[C@@H]2CCC(=O)C(=O)[C@@]2(C)CCC12OCCO2.C[C@H]1[C@@H]2CCc3c(nc(-c4ccccc4)n3-c3ccccc3)[C@@]2(C)CCC12OCCO2. The van der Waals surface area contributed by atoms with Crippen molar-refractivity contribution >= 4 is 34.7 Å². The summed E-state index contributed by atoms with van der Waals surface area (Å²) in [7, 11) is 0. The molecule has 12 aliphatic carbocycles. The highest BCUT2D eigenvalue weighted by Gasteiger charge is 2.65. The molecule has 10 aromatic rings. The summed E-state index contributed by atoms with van der Waals surface area (Å²) in [5.74, 6) is 4.75. The van der Waals surface area contributed by atoms with Gasteiger partial charge in [-0.1, -0.05) is 265 Å². The van der Waals surface area contributed by atoms with Gasteiger partial charge in [0.1, 0.15) is 23.3 Å². The molecule has 4 saturated heterocycles. The number of aliphatic hydroxyl groups is 2. The van der Waals surface area contributed by atoms with E-state index in [4.69, 9.17) is 52.8 Å². The van der Waals surface area contributed by atoms with Crippen LogP contribution < -0.4 is 0 Å². The summed E-state index contributed by atoms with van der Waals surface area (Å²) >= 11 is 0. The van der Waals surface area contributed by atoms with Crippen molar-refractivity contribution in [3.8, 4) is 51.2 Å². The lowest BCUT2D eigenvalue weighted by Crippen LogP contribution is -2.57. The number of imidazole rings is 3. The van der Waals surface area contributed by atoms with E-state index in [-0.39, 0.29) is 103 Å². The molecule has 150 heavy (non-hydrogen) atoms. The molecular weight excluding hydrogens is 1880 g/mol. The van der Waals surface area contributed by atoms with E-state index < -0.39 is 22.8 Å². The van der Waals surface area contributed by atoms with E-state index in [1.807, 2.05) is 69.3 Å². The number of ether oxygens (including phenoxy) is 8. The zero-order chi connectivity index (χ0) is 105. The highest BCUT2D eigenvalue weighted by atomic mass is 16.8. The molecule has 12 fully saturated rings. The second-order valence-corrected chi connectivity index (χ2v) is 47.3. The summed E-state index contributed by atoms with van der Waals surface area (Å²) in [6.45, 7) is 31.5. The van der Waals surface area contributed by atoms with Crippen LogP contribution in [0, 0.1) is 87.3 Å². The van der Waals surface area contributed by atoms with Crippen molar-refractivity contribution in [1.29, 1.82) is 0 Å². The van der Waals surface area contributed by atoms with Crippen molar-refractivity contribution in [2.24, 2.45) is 87.3 Å². The van der Waals surface area contributed by atoms with E-state index in [1.165, 1.54) is 45.3 Å². The molecule has 0 amide bonds. The number of para-hydroxylation sites is 3. The molecule has 788 valence electrons. The van der Waals surface area contributed by atoms with E-state index in [0.717, 1.165) is 193 Å². The number of rotatable bonds is 8. The minimum absolute atomic E-state index is 0.0233. The van der Waals surface area contributed by atoms with Crippen LogP contribution >= 0.6 is 0 Å². The minimum Gasteiger partial charge on any atom is -0.515 e. The van der Waals surface area contributed by atoms with Gasteiger partial charge >= 0.3 is 0 Å². The molecule has 18 atom stereocenters. The van der Waals surface area contributed by atoms with Crippen LogP contribution in [0.25, 0.3) is 51.2 Å². The summed E-state index contributed by atoms with van der Waals surface area (Å²) in [4.78, 5) is 90.7. The van der Waals surface area contributed by atoms with Crippen LogP contribution in [0.4, 0.5) is 0 Å². The van der Waals surface area contributed by atoms with Crippen molar-refractivity contribution in [1.82, 2.24) is 28.7 Å². The smallest absolute Gasteiger partial charge is 0.204 e. The Labute approximate surface area is 883 Å². The van der Waals surface area contributed by atoms with Crippen LogP contribution in [0.15, 0.2) is 248 Å². The molecule has 22 nitrogen and oxygen atoms in total. The largest absolute Gasteiger partial charge is 0.515 e. The molecule has 4 spiro atoms. The van der Waals surface area contributed by atoms with Crippen LogP contribution in [-0.4, -0.2) is 150 Å². The first-order valence-corrected chi connectivity index (χ1v) is 55.8. The van der Waals surface area contributed by atoms with Gasteiger partial charge in [0.05, 0.1) is 82.5 Å². The van der Waals surface area contributed by atoms with Gasteiger partial charge in [-0.15, -0.1) is 0 Å². The lowest BCUT2D eigenvalue weighted by Gasteiger charge is -2.53. The van der Waals surface area contributed by atoms with E-state index in [0.29, 0.717) is 118 Å².